The van der Waals surface area contributed by atoms with Gasteiger partial charge >= 0.3 is 11.9 Å². The third-order valence-corrected chi connectivity index (χ3v) is 10.7. The summed E-state index contributed by atoms with van der Waals surface area (Å²) in [7, 11) is 0. The summed E-state index contributed by atoms with van der Waals surface area (Å²) >= 11 is 0. The molecule has 2 bridgehead atoms. The minimum absolute atomic E-state index is 0.0222. The quantitative estimate of drug-likeness (QED) is 0.425. The molecule has 35 heavy (non-hydrogen) atoms. The first-order valence-corrected chi connectivity index (χ1v) is 13.6. The van der Waals surface area contributed by atoms with E-state index in [4.69, 9.17) is 28.4 Å². The van der Waals surface area contributed by atoms with Crippen LogP contribution in [-0.2, 0) is 38.0 Å². The highest BCUT2D eigenvalue weighted by molar-refractivity contribution is 5.72. The Bertz CT molecular complexity index is 874. The molecule has 0 aromatic rings. The average Bonchev–Trinajstić information content (AvgIpc) is 3.23. The van der Waals surface area contributed by atoms with Crippen molar-refractivity contribution in [3.63, 3.8) is 0 Å². The first-order valence-electron chi connectivity index (χ1n) is 13.6. The van der Waals surface area contributed by atoms with Gasteiger partial charge in [0.1, 0.15) is 17.1 Å². The van der Waals surface area contributed by atoms with E-state index in [1.165, 1.54) is 6.92 Å². The van der Waals surface area contributed by atoms with Crippen LogP contribution in [0.5, 0.6) is 0 Å². The highest BCUT2D eigenvalue weighted by Gasteiger charge is 2.83. The fourth-order valence-corrected chi connectivity index (χ4v) is 8.46. The first-order chi connectivity index (χ1) is 16.7. The van der Waals surface area contributed by atoms with Gasteiger partial charge in [-0.2, -0.15) is 0 Å². The average molecular weight is 493 g/mol. The van der Waals surface area contributed by atoms with Crippen LogP contribution in [0.3, 0.4) is 0 Å². The van der Waals surface area contributed by atoms with Gasteiger partial charge in [-0.3, -0.25) is 9.59 Å². The molecule has 0 aromatic carbocycles. The Labute approximate surface area is 207 Å². The smallest absolute Gasteiger partial charge is 0.310 e. The maximum absolute atomic E-state index is 13.1. The van der Waals surface area contributed by atoms with Crippen molar-refractivity contribution in [3.8, 4) is 0 Å². The molecular formula is C27H40O8. The van der Waals surface area contributed by atoms with E-state index in [9.17, 15) is 9.59 Å². The molecule has 2 spiro atoms. The van der Waals surface area contributed by atoms with Crippen LogP contribution in [0.2, 0.25) is 0 Å². The lowest BCUT2D eigenvalue weighted by molar-refractivity contribution is -0.376. The van der Waals surface area contributed by atoms with E-state index in [0.717, 1.165) is 32.3 Å². The SMILES string of the molecule is CC[C@@H](C)C(=O)O[C@H]1O[C@@H]2C[C@@H]3[C@@](C)([C@@H]4C[C@H]5CCO[C@H]5O4)[C@H](C)C[C@H](OC(C)=O)[C@]13[C@@]1(CO1)C2. The van der Waals surface area contributed by atoms with Gasteiger partial charge in [0.05, 0.1) is 31.3 Å². The summed E-state index contributed by atoms with van der Waals surface area (Å²) in [5.41, 5.74) is -1.50. The number of carbonyl (C=O) groups excluding carboxylic acids is 2. The second kappa shape index (κ2) is 8.14. The van der Waals surface area contributed by atoms with Gasteiger partial charge < -0.3 is 28.4 Å². The summed E-state index contributed by atoms with van der Waals surface area (Å²) in [4.78, 5) is 25.4. The lowest BCUT2D eigenvalue weighted by Gasteiger charge is -2.69. The minimum atomic E-state index is -0.808. The van der Waals surface area contributed by atoms with Crippen LogP contribution in [0, 0.1) is 34.5 Å². The molecule has 5 aliphatic heterocycles. The van der Waals surface area contributed by atoms with Crippen molar-refractivity contribution in [2.24, 2.45) is 34.5 Å². The van der Waals surface area contributed by atoms with Gasteiger partial charge in [0.25, 0.3) is 0 Å². The van der Waals surface area contributed by atoms with E-state index in [0.29, 0.717) is 25.4 Å². The van der Waals surface area contributed by atoms with Gasteiger partial charge in [-0.25, -0.2) is 0 Å². The molecule has 0 radical (unpaired) electrons. The van der Waals surface area contributed by atoms with Crippen LogP contribution < -0.4 is 0 Å². The van der Waals surface area contributed by atoms with Crippen molar-refractivity contribution >= 4 is 11.9 Å². The molecule has 7 fully saturated rings. The number of carbonyl (C=O) groups is 2. The highest BCUT2D eigenvalue weighted by Crippen LogP contribution is 2.74. The Morgan fingerprint density at radius 1 is 1.14 bits per heavy atom. The molecule has 7 rings (SSSR count). The van der Waals surface area contributed by atoms with Gasteiger partial charge in [-0.05, 0) is 43.9 Å². The molecule has 0 aromatic heterocycles. The van der Waals surface area contributed by atoms with E-state index in [2.05, 4.69) is 13.8 Å². The monoisotopic (exact) mass is 492 g/mol. The second-order valence-corrected chi connectivity index (χ2v) is 12.3. The molecule has 196 valence electrons. The van der Waals surface area contributed by atoms with Crippen LogP contribution >= 0.6 is 0 Å². The fraction of sp³-hybridized carbons (Fsp3) is 0.926. The van der Waals surface area contributed by atoms with Gasteiger partial charge in [0.15, 0.2) is 6.29 Å². The van der Waals surface area contributed by atoms with E-state index in [-0.39, 0.29) is 53.6 Å². The molecule has 8 heteroatoms. The third-order valence-electron chi connectivity index (χ3n) is 10.7. The fourth-order valence-electron chi connectivity index (χ4n) is 8.46. The molecule has 8 nitrogen and oxygen atoms in total. The molecule has 0 amide bonds. The zero-order valence-corrected chi connectivity index (χ0v) is 21.6. The number of hydrogen-bond donors (Lipinski definition) is 0. The van der Waals surface area contributed by atoms with Gasteiger partial charge in [-0.15, -0.1) is 0 Å². The van der Waals surface area contributed by atoms with Crippen molar-refractivity contribution in [3.05, 3.63) is 0 Å². The number of ether oxygens (including phenoxy) is 6. The lowest BCUT2D eigenvalue weighted by atomic mass is 9.40. The Hall–Kier alpha value is -1.22. The summed E-state index contributed by atoms with van der Waals surface area (Å²) < 4.78 is 37.6. The summed E-state index contributed by atoms with van der Waals surface area (Å²) in [5, 5.41) is 0. The van der Waals surface area contributed by atoms with Gasteiger partial charge in [-0.1, -0.05) is 27.7 Å². The first kappa shape index (κ1) is 24.1. The Balaban J connectivity index is 1.44. The standard InChI is InChI=1S/C27H40O8/c1-6-14(2)22(29)35-24-27-19(11-18(33-24)12-26(27)13-31-26)25(5,15(3)9-21(27)32-16(4)28)20-10-17-7-8-30-23(17)34-20/h14-15,17-21,23-24H,6-13H2,1-5H3/t14-,15-,17-,18-,19-,20+,21+,23+,24-,25+,26+,27+/m1/s1. The van der Waals surface area contributed by atoms with Crippen molar-refractivity contribution in [1.29, 1.82) is 0 Å². The summed E-state index contributed by atoms with van der Waals surface area (Å²) in [6.07, 6.45) is 3.45. The Morgan fingerprint density at radius 3 is 2.57 bits per heavy atom. The molecule has 2 saturated carbocycles. The van der Waals surface area contributed by atoms with Crippen molar-refractivity contribution in [1.82, 2.24) is 0 Å². The number of epoxide rings is 1. The van der Waals surface area contributed by atoms with E-state index < -0.39 is 23.4 Å². The highest BCUT2D eigenvalue weighted by atomic mass is 16.7. The van der Waals surface area contributed by atoms with E-state index in [1.54, 1.807) is 0 Å². The van der Waals surface area contributed by atoms with Crippen molar-refractivity contribution < 1.29 is 38.0 Å². The van der Waals surface area contributed by atoms with Crippen LogP contribution in [0.25, 0.3) is 0 Å². The predicted octanol–water partition coefficient (Wildman–Crippen LogP) is 3.60. The van der Waals surface area contributed by atoms with E-state index >= 15 is 0 Å². The maximum Gasteiger partial charge on any atom is 0.310 e. The van der Waals surface area contributed by atoms with Crippen LogP contribution in [0.4, 0.5) is 0 Å². The Morgan fingerprint density at radius 2 is 1.91 bits per heavy atom. The summed E-state index contributed by atoms with van der Waals surface area (Å²) in [6.45, 7) is 11.2. The molecule has 5 saturated heterocycles. The number of esters is 2. The van der Waals surface area contributed by atoms with Gasteiger partial charge in [0.2, 0.25) is 6.29 Å². The summed E-state index contributed by atoms with van der Waals surface area (Å²) in [6, 6.07) is 0. The largest absolute Gasteiger partial charge is 0.462 e. The van der Waals surface area contributed by atoms with Crippen molar-refractivity contribution in [2.75, 3.05) is 13.2 Å². The molecular weight excluding hydrogens is 452 g/mol. The predicted molar refractivity (Wildman–Crippen MR) is 123 cm³/mol. The lowest BCUT2D eigenvalue weighted by Crippen LogP contribution is -2.77. The van der Waals surface area contributed by atoms with Gasteiger partial charge in [0, 0.05) is 24.7 Å². The summed E-state index contributed by atoms with van der Waals surface area (Å²) in [5.74, 6) is -0.122. The molecule has 7 aliphatic rings. The third kappa shape index (κ3) is 3.25. The topological polar surface area (TPSA) is 92.8 Å². The number of rotatable bonds is 5. The number of fused-ring (bicyclic) bond motifs is 2. The second-order valence-electron chi connectivity index (χ2n) is 12.3. The van der Waals surface area contributed by atoms with Crippen LogP contribution in [0.15, 0.2) is 0 Å². The normalized spacial score (nSPS) is 52.6. The molecule has 12 atom stereocenters. The molecule has 0 unspecified atom stereocenters. The van der Waals surface area contributed by atoms with E-state index in [1.807, 2.05) is 13.8 Å². The van der Waals surface area contributed by atoms with Crippen molar-refractivity contribution in [2.45, 2.75) is 110 Å². The maximum atomic E-state index is 13.1. The zero-order valence-electron chi connectivity index (χ0n) is 21.6. The molecule has 0 N–H and O–H groups in total. The Kier molecular flexibility index (Phi) is 5.61. The van der Waals surface area contributed by atoms with Crippen LogP contribution in [-0.4, -0.2) is 61.6 Å². The number of hydrogen-bond acceptors (Lipinski definition) is 8. The zero-order chi connectivity index (χ0) is 24.8. The van der Waals surface area contributed by atoms with Crippen LogP contribution in [0.1, 0.15) is 73.1 Å². The molecule has 5 heterocycles. The minimum Gasteiger partial charge on any atom is -0.462 e. The molecule has 2 aliphatic carbocycles.